The normalized spacial score (nSPS) is 29.6. The Labute approximate surface area is 142 Å². The second-order valence-corrected chi connectivity index (χ2v) is 5.29. The molecule has 0 amide bonds. The van der Waals surface area contributed by atoms with Crippen molar-refractivity contribution >= 4 is 17.7 Å². The number of aliphatic hydroxyl groups excluding tert-OH is 3. The Morgan fingerprint density at radius 1 is 1.25 bits per heavy atom. The van der Waals surface area contributed by atoms with Crippen molar-refractivity contribution < 1.29 is 59.5 Å². The number of aromatic carboxylic acids is 1. The van der Waals surface area contributed by atoms with E-state index in [0.717, 1.165) is 11.8 Å². The van der Waals surface area contributed by atoms with Gasteiger partial charge in [-0.1, -0.05) is 30.0 Å². The Kier molecular flexibility index (Phi) is 6.96. The molecular formula is C12H13NaO6S. The molecule has 0 aromatic heterocycles. The molecule has 20 heavy (non-hydrogen) atoms. The molecule has 1 aromatic rings. The van der Waals surface area contributed by atoms with Crippen molar-refractivity contribution in [3.05, 3.63) is 29.8 Å². The summed E-state index contributed by atoms with van der Waals surface area (Å²) in [6.45, 7) is -0.122. The predicted molar refractivity (Wildman–Crippen MR) is 64.4 cm³/mol. The van der Waals surface area contributed by atoms with Crippen molar-refractivity contribution in [3.63, 3.8) is 0 Å². The summed E-state index contributed by atoms with van der Waals surface area (Å²) in [6.07, 6.45) is -3.77. The zero-order valence-electron chi connectivity index (χ0n) is 10.8. The molecular weight excluding hydrogens is 295 g/mol. The molecule has 1 aliphatic heterocycles. The molecule has 0 aliphatic carbocycles. The summed E-state index contributed by atoms with van der Waals surface area (Å²) >= 11 is 0.969. The maximum atomic E-state index is 10.9. The van der Waals surface area contributed by atoms with Gasteiger partial charge in [-0.15, -0.1) is 0 Å². The molecule has 0 bridgehead atoms. The topological polar surface area (TPSA) is 110 Å². The minimum Gasteiger partial charge on any atom is -0.545 e. The molecule has 0 saturated carbocycles. The summed E-state index contributed by atoms with van der Waals surface area (Å²) in [5.74, 6) is -1.33. The van der Waals surface area contributed by atoms with Gasteiger partial charge in [0, 0.05) is 10.5 Å². The van der Waals surface area contributed by atoms with E-state index in [-0.39, 0.29) is 41.7 Å². The summed E-state index contributed by atoms with van der Waals surface area (Å²) in [5, 5.41) is 39.6. The number of thioether (sulfide) groups is 1. The first-order valence-corrected chi connectivity index (χ1v) is 6.51. The second kappa shape index (κ2) is 7.77. The van der Waals surface area contributed by atoms with Gasteiger partial charge in [-0.25, -0.2) is 0 Å². The number of rotatable bonds is 3. The van der Waals surface area contributed by atoms with Crippen LogP contribution in [0.15, 0.2) is 29.2 Å². The average Bonchev–Trinajstić information content (AvgIpc) is 2.40. The SMILES string of the molecule is O=C([O-])c1ccccc1S[C@@H]1OC[C@@H](O)[C@H](O)[C@H]1O.[Na+]. The van der Waals surface area contributed by atoms with E-state index in [1.807, 2.05) is 0 Å². The molecule has 4 atom stereocenters. The summed E-state index contributed by atoms with van der Waals surface area (Å²) in [4.78, 5) is 11.3. The van der Waals surface area contributed by atoms with Crippen LogP contribution in [0, 0.1) is 0 Å². The molecule has 1 aromatic carbocycles. The molecule has 0 spiro atoms. The van der Waals surface area contributed by atoms with E-state index < -0.39 is 29.7 Å². The molecule has 1 aliphatic rings. The third-order valence-electron chi connectivity index (χ3n) is 2.80. The molecule has 3 N–H and O–H groups in total. The number of ether oxygens (including phenoxy) is 1. The van der Waals surface area contributed by atoms with Crippen LogP contribution >= 0.6 is 11.8 Å². The van der Waals surface area contributed by atoms with Gasteiger partial charge in [0.2, 0.25) is 0 Å². The van der Waals surface area contributed by atoms with Gasteiger partial charge < -0.3 is 30.0 Å². The van der Waals surface area contributed by atoms with Gasteiger partial charge in [0.05, 0.1) is 12.6 Å². The molecule has 6 nitrogen and oxygen atoms in total. The third kappa shape index (κ3) is 3.96. The number of carboxylic acids is 1. The number of hydrogen-bond acceptors (Lipinski definition) is 7. The Morgan fingerprint density at radius 2 is 1.90 bits per heavy atom. The van der Waals surface area contributed by atoms with E-state index >= 15 is 0 Å². The zero-order valence-corrected chi connectivity index (χ0v) is 13.6. The monoisotopic (exact) mass is 308 g/mol. The molecule has 1 heterocycles. The average molecular weight is 308 g/mol. The van der Waals surface area contributed by atoms with Gasteiger partial charge in [-0.3, -0.25) is 0 Å². The van der Waals surface area contributed by atoms with E-state index in [1.165, 1.54) is 6.07 Å². The van der Waals surface area contributed by atoms with E-state index in [9.17, 15) is 25.2 Å². The van der Waals surface area contributed by atoms with E-state index in [4.69, 9.17) is 4.74 Å². The number of carboxylic acid groups (broad SMARTS) is 1. The van der Waals surface area contributed by atoms with E-state index in [2.05, 4.69) is 0 Å². The first-order chi connectivity index (χ1) is 9.00. The van der Waals surface area contributed by atoms with Gasteiger partial charge in [0.1, 0.15) is 23.7 Å². The van der Waals surface area contributed by atoms with Crippen LogP contribution in [0.4, 0.5) is 0 Å². The first kappa shape index (κ1) is 17.9. The predicted octanol–water partition coefficient (Wildman–Crippen LogP) is -4.41. The maximum Gasteiger partial charge on any atom is 1.00 e. The fourth-order valence-corrected chi connectivity index (χ4v) is 2.88. The van der Waals surface area contributed by atoms with Crippen LogP contribution in [0.3, 0.4) is 0 Å². The smallest absolute Gasteiger partial charge is 0.545 e. The summed E-state index contributed by atoms with van der Waals surface area (Å²) < 4.78 is 5.20. The zero-order chi connectivity index (χ0) is 14.0. The van der Waals surface area contributed by atoms with Crippen molar-refractivity contribution in [3.8, 4) is 0 Å². The molecule has 8 heteroatoms. The van der Waals surface area contributed by atoms with Crippen molar-refractivity contribution in [2.24, 2.45) is 0 Å². The number of carbonyl (C=O) groups excluding carboxylic acids is 1. The van der Waals surface area contributed by atoms with Crippen LogP contribution in [-0.2, 0) is 4.74 Å². The Morgan fingerprint density at radius 3 is 2.55 bits per heavy atom. The van der Waals surface area contributed by atoms with Crippen molar-refractivity contribution in [2.75, 3.05) is 6.61 Å². The minimum atomic E-state index is -1.33. The fraction of sp³-hybridized carbons (Fsp3) is 0.417. The van der Waals surface area contributed by atoms with Gasteiger partial charge >= 0.3 is 29.6 Å². The molecule has 1 saturated heterocycles. The van der Waals surface area contributed by atoms with Crippen LogP contribution in [0.5, 0.6) is 0 Å². The Balaban J connectivity index is 0.00000200. The Hall–Kier alpha value is -0.120. The van der Waals surface area contributed by atoms with Crippen LogP contribution in [-0.4, -0.2) is 51.6 Å². The van der Waals surface area contributed by atoms with Crippen LogP contribution in [0.2, 0.25) is 0 Å². The fourth-order valence-electron chi connectivity index (χ4n) is 1.75. The first-order valence-electron chi connectivity index (χ1n) is 5.63. The second-order valence-electron chi connectivity index (χ2n) is 4.15. The number of aliphatic hydroxyl groups is 3. The molecule has 104 valence electrons. The van der Waals surface area contributed by atoms with Crippen LogP contribution in [0.1, 0.15) is 10.4 Å². The van der Waals surface area contributed by atoms with E-state index in [0.29, 0.717) is 4.90 Å². The molecule has 2 rings (SSSR count). The van der Waals surface area contributed by atoms with E-state index in [1.54, 1.807) is 18.2 Å². The number of carbonyl (C=O) groups is 1. The summed E-state index contributed by atoms with van der Waals surface area (Å²) in [6, 6.07) is 6.16. The number of benzene rings is 1. The molecule has 1 fully saturated rings. The maximum absolute atomic E-state index is 10.9. The van der Waals surface area contributed by atoms with Gasteiger partial charge in [-0.2, -0.15) is 0 Å². The van der Waals surface area contributed by atoms with Gasteiger partial charge in [-0.05, 0) is 6.07 Å². The third-order valence-corrected chi connectivity index (χ3v) is 4.06. The van der Waals surface area contributed by atoms with Gasteiger partial charge in [0.15, 0.2) is 0 Å². The van der Waals surface area contributed by atoms with Crippen molar-refractivity contribution in [1.82, 2.24) is 0 Å². The Bertz CT molecular complexity index is 471. The van der Waals surface area contributed by atoms with Crippen LogP contribution in [0.25, 0.3) is 0 Å². The van der Waals surface area contributed by atoms with Crippen LogP contribution < -0.4 is 34.7 Å². The minimum absolute atomic E-state index is 0. The summed E-state index contributed by atoms with van der Waals surface area (Å²) in [5.41, 5.74) is -0.859. The molecule has 0 unspecified atom stereocenters. The largest absolute Gasteiger partial charge is 1.00 e. The summed E-state index contributed by atoms with van der Waals surface area (Å²) in [7, 11) is 0. The quantitative estimate of drug-likeness (QED) is 0.484. The molecule has 0 radical (unpaired) electrons. The van der Waals surface area contributed by atoms with Gasteiger partial charge in [0.25, 0.3) is 0 Å². The standard InChI is InChI=1S/C12H14O6S.Na/c13-7-5-18-12(10(15)9(7)14)19-8-4-2-1-3-6(8)11(16)17;/h1-4,7,9-10,12-15H,5H2,(H,16,17);/q;+1/p-1/t7-,9+,10-,12+;/m1./s1. The van der Waals surface area contributed by atoms with Crippen molar-refractivity contribution in [1.29, 1.82) is 0 Å². The van der Waals surface area contributed by atoms with Crippen molar-refractivity contribution in [2.45, 2.75) is 28.6 Å². The number of hydrogen-bond donors (Lipinski definition) is 3.